The summed E-state index contributed by atoms with van der Waals surface area (Å²) in [6.45, 7) is 6.78. The van der Waals surface area contributed by atoms with Gasteiger partial charge in [-0.1, -0.05) is 6.08 Å². The van der Waals surface area contributed by atoms with Crippen molar-refractivity contribution in [3.8, 4) is 0 Å². The number of nitrogens with one attached hydrogen (secondary N) is 2. The van der Waals surface area contributed by atoms with E-state index in [-0.39, 0.29) is 0 Å². The Hall–Kier alpha value is -1.29. The molecule has 0 atom stereocenters. The zero-order valence-electron chi connectivity index (χ0n) is 8.17. The van der Waals surface area contributed by atoms with Gasteiger partial charge in [-0.2, -0.15) is 0 Å². The van der Waals surface area contributed by atoms with Crippen molar-refractivity contribution in [1.82, 2.24) is 10.6 Å². The molecule has 0 radical (unpaired) electrons. The summed E-state index contributed by atoms with van der Waals surface area (Å²) in [5.74, 6) is 1.79. The van der Waals surface area contributed by atoms with Crippen molar-refractivity contribution >= 4 is 17.3 Å². The molecule has 0 saturated heterocycles. The van der Waals surface area contributed by atoms with Crippen LogP contribution in [0.25, 0.3) is 0 Å². The highest BCUT2D eigenvalue weighted by Gasteiger charge is 1.98. The molecule has 0 unspecified atom stereocenters. The maximum absolute atomic E-state index is 5.37. The topological polar surface area (TPSA) is 37.2 Å². The van der Waals surface area contributed by atoms with E-state index in [1.165, 1.54) is 0 Å². The summed E-state index contributed by atoms with van der Waals surface area (Å²) in [7, 11) is 0. The number of aryl methyl sites for hydroxylation is 1. The van der Waals surface area contributed by atoms with E-state index in [0.29, 0.717) is 18.2 Å². The lowest BCUT2D eigenvalue weighted by Crippen LogP contribution is -2.34. The summed E-state index contributed by atoms with van der Waals surface area (Å²) >= 11 is 5.01. The second kappa shape index (κ2) is 5.44. The number of hydrogen-bond acceptors (Lipinski definition) is 2. The van der Waals surface area contributed by atoms with Crippen LogP contribution in [0, 0.1) is 6.92 Å². The number of hydrogen-bond donors (Lipinski definition) is 2. The zero-order chi connectivity index (χ0) is 10.4. The largest absolute Gasteiger partial charge is 0.465 e. The molecule has 0 aromatic carbocycles. The highest BCUT2D eigenvalue weighted by Crippen LogP contribution is 2.04. The molecule has 1 aromatic heterocycles. The number of rotatable bonds is 4. The Morgan fingerprint density at radius 2 is 2.36 bits per heavy atom. The first kappa shape index (κ1) is 10.8. The summed E-state index contributed by atoms with van der Waals surface area (Å²) < 4.78 is 5.37. The molecule has 14 heavy (non-hydrogen) atoms. The minimum atomic E-state index is 0.608. The third-order valence-electron chi connectivity index (χ3n) is 1.63. The third-order valence-corrected chi connectivity index (χ3v) is 1.91. The van der Waals surface area contributed by atoms with Crippen LogP contribution in [0.4, 0.5) is 0 Å². The second-order valence-electron chi connectivity index (χ2n) is 2.86. The fourth-order valence-electron chi connectivity index (χ4n) is 0.975. The molecule has 1 rings (SSSR count). The van der Waals surface area contributed by atoms with Crippen LogP contribution in [0.5, 0.6) is 0 Å². The molecule has 0 aliphatic carbocycles. The highest BCUT2D eigenvalue weighted by molar-refractivity contribution is 7.80. The lowest BCUT2D eigenvalue weighted by atomic mass is 10.4. The molecule has 76 valence electrons. The molecule has 0 amide bonds. The van der Waals surface area contributed by atoms with Crippen LogP contribution < -0.4 is 10.6 Å². The number of furan rings is 1. The normalized spacial score (nSPS) is 9.50. The molecule has 1 aromatic rings. The van der Waals surface area contributed by atoms with Crippen molar-refractivity contribution in [2.75, 3.05) is 6.54 Å². The van der Waals surface area contributed by atoms with Crippen LogP contribution in [0.3, 0.4) is 0 Å². The molecular formula is C10H14N2OS. The van der Waals surface area contributed by atoms with Gasteiger partial charge in [-0.05, 0) is 31.3 Å². The van der Waals surface area contributed by atoms with E-state index in [9.17, 15) is 0 Å². The minimum absolute atomic E-state index is 0.608. The van der Waals surface area contributed by atoms with Gasteiger partial charge in [-0.15, -0.1) is 6.58 Å². The van der Waals surface area contributed by atoms with Gasteiger partial charge in [0.05, 0.1) is 6.54 Å². The van der Waals surface area contributed by atoms with Gasteiger partial charge < -0.3 is 15.1 Å². The van der Waals surface area contributed by atoms with Crippen LogP contribution in [0.2, 0.25) is 0 Å². The Morgan fingerprint density at radius 1 is 1.57 bits per heavy atom. The van der Waals surface area contributed by atoms with E-state index in [0.717, 1.165) is 11.5 Å². The highest BCUT2D eigenvalue weighted by atomic mass is 32.1. The molecule has 0 aliphatic rings. The van der Waals surface area contributed by atoms with Crippen LogP contribution in [-0.4, -0.2) is 11.7 Å². The predicted octanol–water partition coefficient (Wildman–Crippen LogP) is 1.74. The van der Waals surface area contributed by atoms with E-state index in [2.05, 4.69) is 17.2 Å². The van der Waals surface area contributed by atoms with Gasteiger partial charge >= 0.3 is 0 Å². The van der Waals surface area contributed by atoms with E-state index >= 15 is 0 Å². The van der Waals surface area contributed by atoms with Gasteiger partial charge in [0.1, 0.15) is 11.5 Å². The molecule has 2 N–H and O–H groups in total. The van der Waals surface area contributed by atoms with Gasteiger partial charge in [0.15, 0.2) is 5.11 Å². The van der Waals surface area contributed by atoms with Crippen molar-refractivity contribution in [3.05, 3.63) is 36.3 Å². The van der Waals surface area contributed by atoms with Crippen LogP contribution in [0.15, 0.2) is 29.2 Å². The maximum Gasteiger partial charge on any atom is 0.166 e. The first-order valence-corrected chi connectivity index (χ1v) is 4.81. The lowest BCUT2D eigenvalue weighted by molar-refractivity contribution is 0.477. The summed E-state index contributed by atoms with van der Waals surface area (Å²) in [5, 5.41) is 6.61. The Kier molecular flexibility index (Phi) is 4.19. The van der Waals surface area contributed by atoms with E-state index in [1.54, 1.807) is 6.08 Å². The smallest absolute Gasteiger partial charge is 0.166 e. The summed E-state index contributed by atoms with van der Waals surface area (Å²) in [4.78, 5) is 0. The molecule has 0 bridgehead atoms. The Morgan fingerprint density at radius 3 is 2.93 bits per heavy atom. The minimum Gasteiger partial charge on any atom is -0.465 e. The lowest BCUT2D eigenvalue weighted by Gasteiger charge is -2.06. The van der Waals surface area contributed by atoms with Crippen molar-refractivity contribution in [2.45, 2.75) is 13.5 Å². The predicted molar refractivity (Wildman–Crippen MR) is 61.1 cm³/mol. The molecule has 3 nitrogen and oxygen atoms in total. The molecule has 1 heterocycles. The first-order valence-electron chi connectivity index (χ1n) is 4.40. The fraction of sp³-hybridized carbons (Fsp3) is 0.300. The quantitative estimate of drug-likeness (QED) is 0.586. The fourth-order valence-corrected chi connectivity index (χ4v) is 1.13. The van der Waals surface area contributed by atoms with Gasteiger partial charge in [-0.25, -0.2) is 0 Å². The molecule has 0 saturated carbocycles. The van der Waals surface area contributed by atoms with E-state index < -0.39 is 0 Å². The molecule has 0 fully saturated rings. The summed E-state index contributed by atoms with van der Waals surface area (Å²) in [6, 6.07) is 3.86. The van der Waals surface area contributed by atoms with Crippen molar-refractivity contribution in [1.29, 1.82) is 0 Å². The Labute approximate surface area is 89.2 Å². The first-order chi connectivity index (χ1) is 6.72. The van der Waals surface area contributed by atoms with Gasteiger partial charge in [0.2, 0.25) is 0 Å². The van der Waals surface area contributed by atoms with Gasteiger partial charge in [0.25, 0.3) is 0 Å². The average Bonchev–Trinajstić information content (AvgIpc) is 2.58. The van der Waals surface area contributed by atoms with Crippen LogP contribution >= 0.6 is 12.2 Å². The number of thiocarbonyl (C=S) groups is 1. The molecule has 0 spiro atoms. The average molecular weight is 210 g/mol. The molecule has 0 aliphatic heterocycles. The molecular weight excluding hydrogens is 196 g/mol. The van der Waals surface area contributed by atoms with Crippen molar-refractivity contribution in [3.63, 3.8) is 0 Å². The second-order valence-corrected chi connectivity index (χ2v) is 3.27. The monoisotopic (exact) mass is 210 g/mol. The van der Waals surface area contributed by atoms with Crippen molar-refractivity contribution < 1.29 is 4.42 Å². The van der Waals surface area contributed by atoms with Gasteiger partial charge in [-0.3, -0.25) is 0 Å². The molecule has 4 heteroatoms. The Bertz CT molecular complexity index is 320. The van der Waals surface area contributed by atoms with Crippen molar-refractivity contribution in [2.24, 2.45) is 0 Å². The van der Waals surface area contributed by atoms with E-state index in [1.807, 2.05) is 19.1 Å². The standard InChI is InChI=1S/C10H14N2OS/c1-3-6-11-10(14)12-7-9-5-4-8(2)13-9/h3-5H,1,6-7H2,2H3,(H2,11,12,14). The third kappa shape index (κ3) is 3.62. The summed E-state index contributed by atoms with van der Waals surface area (Å²) in [6.07, 6.45) is 1.75. The Balaban J connectivity index is 2.26. The van der Waals surface area contributed by atoms with Crippen LogP contribution in [-0.2, 0) is 6.54 Å². The van der Waals surface area contributed by atoms with E-state index in [4.69, 9.17) is 16.6 Å². The SMILES string of the molecule is C=CCNC(=S)NCc1ccc(C)o1. The summed E-state index contributed by atoms with van der Waals surface area (Å²) in [5.41, 5.74) is 0. The van der Waals surface area contributed by atoms with Crippen LogP contribution in [0.1, 0.15) is 11.5 Å². The van der Waals surface area contributed by atoms with Gasteiger partial charge in [0, 0.05) is 6.54 Å². The maximum atomic E-state index is 5.37. The zero-order valence-corrected chi connectivity index (χ0v) is 8.99.